The van der Waals surface area contributed by atoms with Crippen LogP contribution in [0.15, 0.2) is 18.2 Å². The van der Waals surface area contributed by atoms with Gasteiger partial charge in [0, 0.05) is 0 Å². The van der Waals surface area contributed by atoms with E-state index in [1.54, 1.807) is 0 Å². The van der Waals surface area contributed by atoms with E-state index in [0.717, 1.165) is 6.07 Å². The van der Waals surface area contributed by atoms with Crippen LogP contribution in [-0.2, 0) is 9.47 Å². The van der Waals surface area contributed by atoms with Crippen molar-refractivity contribution in [2.45, 2.75) is 18.4 Å². The first-order chi connectivity index (χ1) is 8.38. The lowest BCUT2D eigenvalue weighted by atomic mass is 10.1. The molecular formula is C11H9Cl2F3O2. The number of hydrogen-bond acceptors (Lipinski definition) is 2. The molecule has 0 amide bonds. The maximum absolute atomic E-state index is 12.9. The molecule has 2 rings (SSSR count). The Bertz CT molecular complexity index is 433. The first kappa shape index (κ1) is 13.9. The van der Waals surface area contributed by atoms with E-state index in [4.69, 9.17) is 32.7 Å². The number of rotatable bonds is 4. The predicted molar refractivity (Wildman–Crippen MR) is 61.0 cm³/mol. The highest BCUT2D eigenvalue weighted by atomic mass is 35.5. The summed E-state index contributed by atoms with van der Waals surface area (Å²) in [6.45, 7) is 0.344. The molecule has 0 N–H and O–H groups in total. The second kappa shape index (κ2) is 5.25. The highest BCUT2D eigenvalue weighted by Gasteiger charge is 2.43. The minimum atomic E-state index is -4.51. The second-order valence-electron chi connectivity index (χ2n) is 3.88. The number of hydrogen-bond donors (Lipinski definition) is 0. The maximum atomic E-state index is 12.9. The molecular weight excluding hydrogens is 292 g/mol. The Morgan fingerprint density at radius 1 is 1.33 bits per heavy atom. The van der Waals surface area contributed by atoms with Crippen LogP contribution >= 0.6 is 23.2 Å². The minimum Gasteiger partial charge on any atom is -0.371 e. The molecule has 2 nitrogen and oxygen atoms in total. The zero-order chi connectivity index (χ0) is 13.3. The Morgan fingerprint density at radius 2 is 2.00 bits per heavy atom. The predicted octanol–water partition coefficient (Wildman–Crippen LogP) is 4.01. The third-order valence-electron chi connectivity index (χ3n) is 2.39. The smallest absolute Gasteiger partial charge is 0.371 e. The van der Waals surface area contributed by atoms with Gasteiger partial charge in [0.2, 0.25) is 0 Å². The average Bonchev–Trinajstić information content (AvgIpc) is 3.05. The molecule has 0 saturated carbocycles. The molecule has 1 saturated heterocycles. The first-order valence-corrected chi connectivity index (χ1v) is 5.88. The van der Waals surface area contributed by atoms with Crippen molar-refractivity contribution in [2.24, 2.45) is 0 Å². The summed E-state index contributed by atoms with van der Waals surface area (Å²) in [4.78, 5) is 0. The van der Waals surface area contributed by atoms with E-state index >= 15 is 0 Å². The standard InChI is InChI=1S/C11H9Cl2F3O2/c12-8-2-1-6(3-9(8)13)10(11(14,15)16)18-5-7-4-17-7/h1-3,7,10H,4-5H2. The van der Waals surface area contributed by atoms with Crippen molar-refractivity contribution in [1.82, 2.24) is 0 Å². The van der Waals surface area contributed by atoms with Gasteiger partial charge in [-0.1, -0.05) is 29.3 Å². The van der Waals surface area contributed by atoms with E-state index < -0.39 is 12.3 Å². The minimum absolute atomic E-state index is 0.0645. The number of benzene rings is 1. The molecule has 2 unspecified atom stereocenters. The van der Waals surface area contributed by atoms with Crippen molar-refractivity contribution in [3.05, 3.63) is 33.8 Å². The molecule has 100 valence electrons. The summed E-state index contributed by atoms with van der Waals surface area (Å²) in [6, 6.07) is 3.73. The van der Waals surface area contributed by atoms with Crippen molar-refractivity contribution in [1.29, 1.82) is 0 Å². The van der Waals surface area contributed by atoms with E-state index in [1.807, 2.05) is 0 Å². The highest BCUT2D eigenvalue weighted by Crippen LogP contribution is 2.38. The summed E-state index contributed by atoms with van der Waals surface area (Å²) >= 11 is 11.4. The molecule has 0 spiro atoms. The summed E-state index contributed by atoms with van der Waals surface area (Å²) in [5, 5.41) is 0.265. The molecule has 1 aromatic carbocycles. The van der Waals surface area contributed by atoms with E-state index in [2.05, 4.69) is 0 Å². The van der Waals surface area contributed by atoms with Crippen molar-refractivity contribution in [3.63, 3.8) is 0 Å². The van der Waals surface area contributed by atoms with Gasteiger partial charge in [0.25, 0.3) is 0 Å². The normalized spacial score (nSPS) is 20.8. The molecule has 1 aromatic rings. The van der Waals surface area contributed by atoms with E-state index in [1.165, 1.54) is 12.1 Å². The zero-order valence-electron chi connectivity index (χ0n) is 9.01. The number of alkyl halides is 3. The second-order valence-corrected chi connectivity index (χ2v) is 4.70. The molecule has 2 atom stereocenters. The van der Waals surface area contributed by atoms with Crippen molar-refractivity contribution >= 4 is 23.2 Å². The lowest BCUT2D eigenvalue weighted by Gasteiger charge is -2.21. The summed E-state index contributed by atoms with van der Waals surface area (Å²) in [6.07, 6.45) is -6.76. The molecule has 1 fully saturated rings. The Balaban J connectivity index is 2.17. The largest absolute Gasteiger partial charge is 0.418 e. The molecule has 1 aliphatic rings. The highest BCUT2D eigenvalue weighted by molar-refractivity contribution is 6.42. The van der Waals surface area contributed by atoms with Crippen molar-refractivity contribution in [2.75, 3.05) is 13.2 Å². The molecule has 0 aromatic heterocycles. The molecule has 18 heavy (non-hydrogen) atoms. The fourth-order valence-corrected chi connectivity index (χ4v) is 1.73. The number of halogens is 5. The Labute approximate surface area is 112 Å². The van der Waals surface area contributed by atoms with Crippen LogP contribution in [0.1, 0.15) is 11.7 Å². The summed E-state index contributed by atoms with van der Waals surface area (Å²) < 4.78 is 48.3. The van der Waals surface area contributed by atoms with Gasteiger partial charge in [-0.15, -0.1) is 0 Å². The lowest BCUT2D eigenvalue weighted by molar-refractivity contribution is -0.224. The van der Waals surface area contributed by atoms with Gasteiger partial charge >= 0.3 is 6.18 Å². The maximum Gasteiger partial charge on any atom is 0.418 e. The van der Waals surface area contributed by atoms with Gasteiger partial charge in [0.05, 0.1) is 23.3 Å². The van der Waals surface area contributed by atoms with Crippen LogP contribution in [0.4, 0.5) is 13.2 Å². The molecule has 1 aliphatic heterocycles. The molecule has 7 heteroatoms. The van der Waals surface area contributed by atoms with Gasteiger partial charge in [-0.05, 0) is 17.7 Å². The van der Waals surface area contributed by atoms with Gasteiger partial charge in [-0.25, -0.2) is 0 Å². The molecule has 0 bridgehead atoms. The number of epoxide rings is 1. The fourth-order valence-electron chi connectivity index (χ4n) is 1.42. The Kier molecular flexibility index (Phi) is 4.06. The zero-order valence-corrected chi connectivity index (χ0v) is 10.5. The van der Waals surface area contributed by atoms with E-state index in [0.29, 0.717) is 6.61 Å². The molecule has 0 aliphatic carbocycles. The average molecular weight is 301 g/mol. The Morgan fingerprint density at radius 3 is 2.50 bits per heavy atom. The van der Waals surface area contributed by atoms with Gasteiger partial charge in [0.1, 0.15) is 6.10 Å². The van der Waals surface area contributed by atoms with Crippen LogP contribution < -0.4 is 0 Å². The van der Waals surface area contributed by atoms with Crippen LogP contribution in [0.25, 0.3) is 0 Å². The van der Waals surface area contributed by atoms with Gasteiger partial charge in [-0.3, -0.25) is 0 Å². The lowest BCUT2D eigenvalue weighted by Crippen LogP contribution is -2.25. The van der Waals surface area contributed by atoms with Crippen LogP contribution in [0.2, 0.25) is 10.0 Å². The SMILES string of the molecule is FC(F)(F)C(OCC1CO1)c1ccc(Cl)c(Cl)c1. The van der Waals surface area contributed by atoms with E-state index in [9.17, 15) is 13.2 Å². The van der Waals surface area contributed by atoms with Crippen LogP contribution in [0, 0.1) is 0 Å². The summed E-state index contributed by atoms with van der Waals surface area (Å²) in [5.74, 6) is 0. The third kappa shape index (κ3) is 3.51. The third-order valence-corrected chi connectivity index (χ3v) is 3.13. The topological polar surface area (TPSA) is 21.8 Å². The molecule has 1 heterocycles. The summed E-state index contributed by atoms with van der Waals surface area (Å²) in [7, 11) is 0. The molecule has 0 radical (unpaired) electrons. The number of ether oxygens (including phenoxy) is 2. The Hall–Kier alpha value is -0.490. The summed E-state index contributed by atoms with van der Waals surface area (Å²) in [5.41, 5.74) is -0.0717. The van der Waals surface area contributed by atoms with Gasteiger partial charge in [0.15, 0.2) is 6.10 Å². The van der Waals surface area contributed by atoms with E-state index in [-0.39, 0.29) is 28.3 Å². The van der Waals surface area contributed by atoms with Crippen molar-refractivity contribution < 1.29 is 22.6 Å². The van der Waals surface area contributed by atoms with Crippen LogP contribution in [-0.4, -0.2) is 25.5 Å². The van der Waals surface area contributed by atoms with Gasteiger partial charge in [-0.2, -0.15) is 13.2 Å². The fraction of sp³-hybridized carbons (Fsp3) is 0.455. The first-order valence-electron chi connectivity index (χ1n) is 5.13. The van der Waals surface area contributed by atoms with Gasteiger partial charge < -0.3 is 9.47 Å². The van der Waals surface area contributed by atoms with Crippen molar-refractivity contribution in [3.8, 4) is 0 Å². The monoisotopic (exact) mass is 300 g/mol. The van der Waals surface area contributed by atoms with Crippen LogP contribution in [0.5, 0.6) is 0 Å². The van der Waals surface area contributed by atoms with Crippen LogP contribution in [0.3, 0.4) is 0 Å². The quantitative estimate of drug-likeness (QED) is 0.784.